The summed E-state index contributed by atoms with van der Waals surface area (Å²) in [6.45, 7) is 3.74. The number of rotatable bonds is 7. The Morgan fingerprint density at radius 3 is 2.10 bits per heavy atom. The molecule has 1 saturated heterocycles. The smallest absolute Gasteiger partial charge is 0.257 e. The topological polar surface area (TPSA) is 60.5 Å². The second-order valence-electron chi connectivity index (χ2n) is 6.82. The van der Waals surface area contributed by atoms with Crippen molar-refractivity contribution in [1.82, 2.24) is 9.80 Å². The predicted octanol–water partition coefficient (Wildman–Crippen LogP) is 2.68. The van der Waals surface area contributed by atoms with Crippen LogP contribution in [0.1, 0.15) is 15.9 Å². The Morgan fingerprint density at radius 2 is 1.48 bits per heavy atom. The molecule has 1 aliphatic heterocycles. The van der Waals surface area contributed by atoms with Crippen LogP contribution >= 0.6 is 0 Å². The first-order chi connectivity index (χ1) is 14.1. The molecule has 0 spiro atoms. The zero-order valence-electron chi connectivity index (χ0n) is 17.4. The lowest BCUT2D eigenvalue weighted by molar-refractivity contribution is 0.0625. The first-order valence-electron chi connectivity index (χ1n) is 9.54. The minimum absolute atomic E-state index is 0.0183. The normalized spacial score (nSPS) is 14.4. The molecule has 1 amide bonds. The molecular formula is C22H28N2O5. The molecule has 1 aliphatic rings. The monoisotopic (exact) mass is 400 g/mol. The second-order valence-corrected chi connectivity index (χ2v) is 6.82. The minimum Gasteiger partial charge on any atom is -0.497 e. The molecule has 1 heterocycles. The van der Waals surface area contributed by atoms with Crippen LogP contribution in [-0.4, -0.2) is 70.3 Å². The standard InChI is InChI=1S/C22H28N2O5/c1-26-17-6-7-18(20(14-17)28-3)22(25)24-11-9-23(10-12-24)15-16-5-8-19(27-2)21(13-16)29-4/h5-8,13-14H,9-12,15H2,1-4H3. The zero-order chi connectivity index (χ0) is 20.8. The maximum atomic E-state index is 13.0. The highest BCUT2D eigenvalue weighted by Crippen LogP contribution is 2.29. The van der Waals surface area contributed by atoms with Crippen molar-refractivity contribution in [3.05, 3.63) is 47.5 Å². The molecule has 7 nitrogen and oxygen atoms in total. The van der Waals surface area contributed by atoms with Gasteiger partial charge >= 0.3 is 0 Å². The van der Waals surface area contributed by atoms with Gasteiger partial charge in [0, 0.05) is 38.8 Å². The van der Waals surface area contributed by atoms with Gasteiger partial charge in [0.2, 0.25) is 0 Å². The van der Waals surface area contributed by atoms with Crippen LogP contribution in [0.3, 0.4) is 0 Å². The number of amides is 1. The molecule has 0 bridgehead atoms. The van der Waals surface area contributed by atoms with Gasteiger partial charge in [0.05, 0.1) is 34.0 Å². The highest BCUT2D eigenvalue weighted by atomic mass is 16.5. The Hall–Kier alpha value is -2.93. The molecule has 0 aromatic heterocycles. The van der Waals surface area contributed by atoms with Crippen LogP contribution in [0.5, 0.6) is 23.0 Å². The van der Waals surface area contributed by atoms with Crippen molar-refractivity contribution in [1.29, 1.82) is 0 Å². The lowest BCUT2D eigenvalue weighted by Gasteiger charge is -2.35. The van der Waals surface area contributed by atoms with Crippen molar-refractivity contribution in [2.75, 3.05) is 54.6 Å². The molecule has 156 valence electrons. The van der Waals surface area contributed by atoms with Gasteiger partial charge in [-0.15, -0.1) is 0 Å². The number of hydrogen-bond acceptors (Lipinski definition) is 6. The summed E-state index contributed by atoms with van der Waals surface area (Å²) < 4.78 is 21.3. The van der Waals surface area contributed by atoms with Crippen LogP contribution in [0, 0.1) is 0 Å². The van der Waals surface area contributed by atoms with Gasteiger partial charge < -0.3 is 23.8 Å². The maximum Gasteiger partial charge on any atom is 0.257 e. The third-order valence-electron chi connectivity index (χ3n) is 5.15. The summed E-state index contributed by atoms with van der Waals surface area (Å²) in [6, 6.07) is 11.2. The molecule has 2 aromatic carbocycles. The number of nitrogens with zero attached hydrogens (tertiary/aromatic N) is 2. The summed E-state index contributed by atoms with van der Waals surface area (Å²) in [5.41, 5.74) is 1.71. The number of carbonyl (C=O) groups excluding carboxylic acids is 1. The van der Waals surface area contributed by atoms with E-state index in [0.717, 1.165) is 36.7 Å². The summed E-state index contributed by atoms with van der Waals surface area (Å²) in [7, 11) is 6.42. The van der Waals surface area contributed by atoms with Gasteiger partial charge in [-0.3, -0.25) is 9.69 Å². The lowest BCUT2D eigenvalue weighted by atomic mass is 10.1. The van der Waals surface area contributed by atoms with Gasteiger partial charge in [-0.05, 0) is 29.8 Å². The van der Waals surface area contributed by atoms with Crippen molar-refractivity contribution in [2.45, 2.75) is 6.54 Å². The maximum absolute atomic E-state index is 13.0. The van der Waals surface area contributed by atoms with E-state index >= 15 is 0 Å². The average molecular weight is 400 g/mol. The van der Waals surface area contributed by atoms with Crippen LogP contribution in [0.4, 0.5) is 0 Å². The van der Waals surface area contributed by atoms with Crippen molar-refractivity contribution in [3.63, 3.8) is 0 Å². The SMILES string of the molecule is COc1ccc(C(=O)N2CCN(Cc3ccc(OC)c(OC)c3)CC2)c(OC)c1. The van der Waals surface area contributed by atoms with E-state index in [1.165, 1.54) is 0 Å². The Balaban J connectivity index is 1.61. The first kappa shape index (κ1) is 20.8. The van der Waals surface area contributed by atoms with Crippen LogP contribution in [-0.2, 0) is 6.54 Å². The summed E-state index contributed by atoms with van der Waals surface area (Å²) in [5, 5.41) is 0. The van der Waals surface area contributed by atoms with Crippen LogP contribution < -0.4 is 18.9 Å². The number of methoxy groups -OCH3 is 4. The minimum atomic E-state index is -0.0183. The quantitative estimate of drug-likeness (QED) is 0.712. The Labute approximate surface area is 171 Å². The molecule has 0 radical (unpaired) electrons. The molecule has 0 atom stereocenters. The molecule has 0 N–H and O–H groups in total. The van der Waals surface area contributed by atoms with Gasteiger partial charge in [0.25, 0.3) is 5.91 Å². The molecular weight excluding hydrogens is 372 g/mol. The van der Waals surface area contributed by atoms with Crippen molar-refractivity contribution in [2.24, 2.45) is 0 Å². The fourth-order valence-corrected chi connectivity index (χ4v) is 3.49. The van der Waals surface area contributed by atoms with E-state index in [0.29, 0.717) is 30.2 Å². The number of hydrogen-bond donors (Lipinski definition) is 0. The van der Waals surface area contributed by atoms with Crippen molar-refractivity contribution >= 4 is 5.91 Å². The van der Waals surface area contributed by atoms with E-state index in [1.807, 2.05) is 23.1 Å². The zero-order valence-corrected chi connectivity index (χ0v) is 17.4. The van der Waals surface area contributed by atoms with E-state index < -0.39 is 0 Å². The molecule has 2 aromatic rings. The van der Waals surface area contributed by atoms with Gasteiger partial charge in [0.1, 0.15) is 11.5 Å². The third kappa shape index (κ3) is 4.74. The van der Waals surface area contributed by atoms with Crippen molar-refractivity contribution < 1.29 is 23.7 Å². The summed E-state index contributed by atoms with van der Waals surface area (Å²) in [5.74, 6) is 2.63. The second kappa shape index (κ2) is 9.52. The molecule has 7 heteroatoms. The Kier molecular flexibility index (Phi) is 6.82. The fraction of sp³-hybridized carbons (Fsp3) is 0.409. The lowest BCUT2D eigenvalue weighted by Crippen LogP contribution is -2.48. The fourth-order valence-electron chi connectivity index (χ4n) is 3.49. The van der Waals surface area contributed by atoms with Gasteiger partial charge in [-0.2, -0.15) is 0 Å². The van der Waals surface area contributed by atoms with E-state index in [4.69, 9.17) is 18.9 Å². The molecule has 3 rings (SSSR count). The number of benzene rings is 2. The molecule has 29 heavy (non-hydrogen) atoms. The van der Waals surface area contributed by atoms with Gasteiger partial charge in [-0.25, -0.2) is 0 Å². The number of ether oxygens (including phenoxy) is 4. The van der Waals surface area contributed by atoms with E-state index in [-0.39, 0.29) is 5.91 Å². The summed E-state index contributed by atoms with van der Waals surface area (Å²) in [4.78, 5) is 17.2. The van der Waals surface area contributed by atoms with E-state index in [9.17, 15) is 4.79 Å². The molecule has 0 aliphatic carbocycles. The van der Waals surface area contributed by atoms with E-state index in [1.54, 1.807) is 46.6 Å². The van der Waals surface area contributed by atoms with Crippen LogP contribution in [0.15, 0.2) is 36.4 Å². The summed E-state index contributed by atoms with van der Waals surface area (Å²) in [6.07, 6.45) is 0. The summed E-state index contributed by atoms with van der Waals surface area (Å²) >= 11 is 0. The van der Waals surface area contributed by atoms with Crippen molar-refractivity contribution in [3.8, 4) is 23.0 Å². The highest BCUT2D eigenvalue weighted by molar-refractivity contribution is 5.97. The van der Waals surface area contributed by atoms with Gasteiger partial charge in [0.15, 0.2) is 11.5 Å². The largest absolute Gasteiger partial charge is 0.497 e. The highest BCUT2D eigenvalue weighted by Gasteiger charge is 2.24. The van der Waals surface area contributed by atoms with Crippen LogP contribution in [0.2, 0.25) is 0 Å². The molecule has 1 fully saturated rings. The predicted molar refractivity (Wildman–Crippen MR) is 110 cm³/mol. The molecule has 0 saturated carbocycles. The Bertz CT molecular complexity index is 847. The van der Waals surface area contributed by atoms with E-state index in [2.05, 4.69) is 4.90 Å². The first-order valence-corrected chi connectivity index (χ1v) is 9.54. The Morgan fingerprint density at radius 1 is 0.793 bits per heavy atom. The average Bonchev–Trinajstić information content (AvgIpc) is 2.78. The van der Waals surface area contributed by atoms with Crippen LogP contribution in [0.25, 0.3) is 0 Å². The third-order valence-corrected chi connectivity index (χ3v) is 5.15. The molecule has 0 unspecified atom stereocenters. The number of piperazine rings is 1. The number of carbonyl (C=O) groups is 1. The van der Waals surface area contributed by atoms with Gasteiger partial charge in [-0.1, -0.05) is 6.07 Å².